The van der Waals surface area contributed by atoms with Crippen LogP contribution in [-0.2, 0) is 6.42 Å². The van der Waals surface area contributed by atoms with Crippen molar-refractivity contribution in [1.82, 2.24) is 10.6 Å². The predicted octanol–water partition coefficient (Wildman–Crippen LogP) is 0.961. The van der Waals surface area contributed by atoms with E-state index < -0.39 is 0 Å². The van der Waals surface area contributed by atoms with Gasteiger partial charge in [0.1, 0.15) is 5.75 Å². The van der Waals surface area contributed by atoms with Gasteiger partial charge < -0.3 is 15.4 Å². The fourth-order valence-electron chi connectivity index (χ4n) is 2.00. The molecule has 0 unspecified atom stereocenters. The lowest BCUT2D eigenvalue weighted by Gasteiger charge is -2.19. The fourth-order valence-corrected chi connectivity index (χ4v) is 2.00. The van der Waals surface area contributed by atoms with Crippen LogP contribution in [0.5, 0.6) is 5.75 Å². The molecule has 0 atom stereocenters. The Morgan fingerprint density at radius 3 is 3.18 bits per heavy atom. The molecule has 1 aliphatic heterocycles. The van der Waals surface area contributed by atoms with Crippen molar-refractivity contribution in [3.05, 3.63) is 29.3 Å². The Balaban J connectivity index is 2.07. The maximum absolute atomic E-state index is 11.6. The second kappa shape index (κ2) is 5.68. The van der Waals surface area contributed by atoms with Crippen molar-refractivity contribution in [2.75, 3.05) is 26.7 Å². The zero-order valence-corrected chi connectivity index (χ0v) is 10.1. The zero-order valence-electron chi connectivity index (χ0n) is 10.1. The van der Waals surface area contributed by atoms with Gasteiger partial charge in [0.2, 0.25) is 0 Å². The van der Waals surface area contributed by atoms with Crippen LogP contribution < -0.4 is 15.4 Å². The molecule has 0 saturated carbocycles. The van der Waals surface area contributed by atoms with Crippen molar-refractivity contribution in [1.29, 1.82) is 0 Å². The number of benzene rings is 1. The Bertz CT molecular complexity index is 404. The van der Waals surface area contributed by atoms with Crippen LogP contribution in [0.3, 0.4) is 0 Å². The summed E-state index contributed by atoms with van der Waals surface area (Å²) in [5, 5.41) is 5.92. The van der Waals surface area contributed by atoms with Crippen molar-refractivity contribution in [2.24, 2.45) is 0 Å². The lowest BCUT2D eigenvalue weighted by molar-refractivity contribution is 0.0945. The second-order valence-corrected chi connectivity index (χ2v) is 4.09. The van der Waals surface area contributed by atoms with Gasteiger partial charge in [-0.1, -0.05) is 6.07 Å². The highest BCUT2D eigenvalue weighted by Crippen LogP contribution is 2.25. The molecule has 0 radical (unpaired) electrons. The maximum atomic E-state index is 11.6. The van der Waals surface area contributed by atoms with Crippen LogP contribution in [-0.4, -0.2) is 32.7 Å². The minimum absolute atomic E-state index is 0.00641. The summed E-state index contributed by atoms with van der Waals surface area (Å²) in [5.41, 5.74) is 1.79. The van der Waals surface area contributed by atoms with Gasteiger partial charge in [-0.05, 0) is 38.6 Å². The standard InChI is InChI=1S/C13H18N2O2/c1-14-7-3-9-17-12-5-2-4-11-10(12)6-8-15-13(11)16/h2,4-5,14H,3,6-9H2,1H3,(H,15,16). The number of fused-ring (bicyclic) bond motifs is 1. The van der Waals surface area contributed by atoms with E-state index in [1.165, 1.54) is 0 Å². The van der Waals surface area contributed by atoms with E-state index in [-0.39, 0.29) is 5.91 Å². The SMILES string of the molecule is CNCCCOc1cccc2c1CCNC2=O. The molecule has 0 spiro atoms. The van der Waals surface area contributed by atoms with Gasteiger partial charge in [0, 0.05) is 17.7 Å². The van der Waals surface area contributed by atoms with E-state index in [0.29, 0.717) is 13.2 Å². The molecule has 0 aromatic heterocycles. The number of amides is 1. The van der Waals surface area contributed by atoms with E-state index in [0.717, 1.165) is 36.3 Å². The highest BCUT2D eigenvalue weighted by molar-refractivity contribution is 5.97. The van der Waals surface area contributed by atoms with Gasteiger partial charge in [-0.3, -0.25) is 4.79 Å². The molecule has 1 aliphatic rings. The van der Waals surface area contributed by atoms with Gasteiger partial charge in [-0.2, -0.15) is 0 Å². The summed E-state index contributed by atoms with van der Waals surface area (Å²) >= 11 is 0. The second-order valence-electron chi connectivity index (χ2n) is 4.09. The number of rotatable bonds is 5. The Kier molecular flexibility index (Phi) is 3.98. The van der Waals surface area contributed by atoms with E-state index in [2.05, 4.69) is 10.6 Å². The average Bonchev–Trinajstić information content (AvgIpc) is 2.36. The zero-order chi connectivity index (χ0) is 12.1. The topological polar surface area (TPSA) is 50.4 Å². The van der Waals surface area contributed by atoms with E-state index in [1.807, 2.05) is 25.2 Å². The summed E-state index contributed by atoms with van der Waals surface area (Å²) in [4.78, 5) is 11.6. The molecule has 2 rings (SSSR count). The lowest BCUT2D eigenvalue weighted by atomic mass is 9.99. The first kappa shape index (κ1) is 11.9. The molecule has 0 bridgehead atoms. The summed E-state index contributed by atoms with van der Waals surface area (Å²) in [6.07, 6.45) is 1.82. The van der Waals surface area contributed by atoms with Crippen LogP contribution in [0.2, 0.25) is 0 Å². The Hall–Kier alpha value is -1.55. The quantitative estimate of drug-likeness (QED) is 0.746. The third kappa shape index (κ3) is 2.77. The first-order valence-corrected chi connectivity index (χ1v) is 6.00. The summed E-state index contributed by atoms with van der Waals surface area (Å²) in [6.45, 7) is 2.32. The Morgan fingerprint density at radius 2 is 2.35 bits per heavy atom. The van der Waals surface area contributed by atoms with Crippen LogP contribution in [0, 0.1) is 0 Å². The molecule has 1 aromatic carbocycles. The normalized spacial score (nSPS) is 14.1. The number of nitrogens with one attached hydrogen (secondary N) is 2. The molecule has 0 saturated heterocycles. The highest BCUT2D eigenvalue weighted by atomic mass is 16.5. The van der Waals surface area contributed by atoms with Crippen LogP contribution >= 0.6 is 0 Å². The molecule has 92 valence electrons. The third-order valence-corrected chi connectivity index (χ3v) is 2.87. The first-order valence-electron chi connectivity index (χ1n) is 6.00. The number of ether oxygens (including phenoxy) is 1. The average molecular weight is 234 g/mol. The van der Waals surface area contributed by atoms with Gasteiger partial charge in [-0.15, -0.1) is 0 Å². The van der Waals surface area contributed by atoms with Crippen molar-refractivity contribution in [2.45, 2.75) is 12.8 Å². The third-order valence-electron chi connectivity index (χ3n) is 2.87. The number of carbonyl (C=O) groups excluding carboxylic acids is 1. The van der Waals surface area contributed by atoms with Gasteiger partial charge in [0.05, 0.1) is 6.61 Å². The molecule has 2 N–H and O–H groups in total. The number of hydrogen-bond donors (Lipinski definition) is 2. The van der Waals surface area contributed by atoms with Gasteiger partial charge in [0.25, 0.3) is 5.91 Å². The largest absolute Gasteiger partial charge is 0.493 e. The van der Waals surface area contributed by atoms with Crippen LogP contribution in [0.15, 0.2) is 18.2 Å². The molecule has 0 fully saturated rings. The molecular weight excluding hydrogens is 216 g/mol. The molecule has 4 nitrogen and oxygen atoms in total. The summed E-state index contributed by atoms with van der Waals surface area (Å²) in [6, 6.07) is 5.66. The highest BCUT2D eigenvalue weighted by Gasteiger charge is 2.19. The summed E-state index contributed by atoms with van der Waals surface area (Å²) < 4.78 is 5.73. The van der Waals surface area contributed by atoms with Crippen molar-refractivity contribution in [3.8, 4) is 5.75 Å². The molecule has 17 heavy (non-hydrogen) atoms. The fraction of sp³-hybridized carbons (Fsp3) is 0.462. The molecule has 1 aromatic rings. The Labute approximate surface area is 101 Å². The van der Waals surface area contributed by atoms with E-state index in [1.54, 1.807) is 0 Å². The molecule has 4 heteroatoms. The van der Waals surface area contributed by atoms with Crippen LogP contribution in [0.1, 0.15) is 22.3 Å². The van der Waals surface area contributed by atoms with Crippen LogP contribution in [0.25, 0.3) is 0 Å². The number of carbonyl (C=O) groups is 1. The van der Waals surface area contributed by atoms with Crippen molar-refractivity contribution >= 4 is 5.91 Å². The van der Waals surface area contributed by atoms with Gasteiger partial charge in [-0.25, -0.2) is 0 Å². The monoisotopic (exact) mass is 234 g/mol. The summed E-state index contributed by atoms with van der Waals surface area (Å²) in [7, 11) is 1.93. The minimum atomic E-state index is 0.00641. The lowest BCUT2D eigenvalue weighted by Crippen LogP contribution is -2.32. The minimum Gasteiger partial charge on any atom is -0.493 e. The van der Waals surface area contributed by atoms with Crippen molar-refractivity contribution < 1.29 is 9.53 Å². The maximum Gasteiger partial charge on any atom is 0.251 e. The summed E-state index contributed by atoms with van der Waals surface area (Å²) in [5.74, 6) is 0.861. The molecule has 1 amide bonds. The van der Waals surface area contributed by atoms with Gasteiger partial charge in [0.15, 0.2) is 0 Å². The van der Waals surface area contributed by atoms with Crippen molar-refractivity contribution in [3.63, 3.8) is 0 Å². The molecular formula is C13H18N2O2. The molecule has 0 aliphatic carbocycles. The van der Waals surface area contributed by atoms with E-state index in [4.69, 9.17) is 4.74 Å². The number of hydrogen-bond acceptors (Lipinski definition) is 3. The van der Waals surface area contributed by atoms with Gasteiger partial charge >= 0.3 is 0 Å². The van der Waals surface area contributed by atoms with Crippen LogP contribution in [0.4, 0.5) is 0 Å². The first-order chi connectivity index (χ1) is 8.33. The van der Waals surface area contributed by atoms with E-state index in [9.17, 15) is 4.79 Å². The smallest absolute Gasteiger partial charge is 0.251 e. The molecule has 1 heterocycles. The Morgan fingerprint density at radius 1 is 1.47 bits per heavy atom. The predicted molar refractivity (Wildman–Crippen MR) is 66.5 cm³/mol. The van der Waals surface area contributed by atoms with E-state index >= 15 is 0 Å².